The molecule has 24 heavy (non-hydrogen) atoms. The number of para-hydroxylation sites is 1. The summed E-state index contributed by atoms with van der Waals surface area (Å²) in [6.07, 6.45) is 3.63. The summed E-state index contributed by atoms with van der Waals surface area (Å²) in [4.78, 5) is 0. The van der Waals surface area contributed by atoms with Gasteiger partial charge in [-0.15, -0.1) is 0 Å². The van der Waals surface area contributed by atoms with Crippen LogP contribution in [0.1, 0.15) is 30.9 Å². The van der Waals surface area contributed by atoms with Gasteiger partial charge in [0, 0.05) is 19.3 Å². The minimum Gasteiger partial charge on any atom is -1.00 e. The third kappa shape index (κ3) is 4.73. The maximum Gasteiger partial charge on any atom is 0.140 e. The summed E-state index contributed by atoms with van der Waals surface area (Å²) in [7, 11) is 2.37. The van der Waals surface area contributed by atoms with Crippen LogP contribution in [0.4, 0.5) is 0 Å². The zero-order valence-corrected chi connectivity index (χ0v) is 16.9. The third-order valence-electron chi connectivity index (χ3n) is 5.34. The minimum atomic E-state index is 0. The highest BCUT2D eigenvalue weighted by Crippen LogP contribution is 2.24. The lowest BCUT2D eigenvalue weighted by Gasteiger charge is -2.35. The molecule has 0 bridgehead atoms. The minimum absolute atomic E-state index is 0. The molecule has 0 amide bonds. The second kappa shape index (κ2) is 8.86. The number of rotatable bonds is 6. The van der Waals surface area contributed by atoms with Crippen molar-refractivity contribution in [2.45, 2.75) is 32.2 Å². The van der Waals surface area contributed by atoms with Crippen LogP contribution in [0.2, 0.25) is 0 Å². The first-order valence-electron chi connectivity index (χ1n) is 8.76. The topological polar surface area (TPSA) is 9.23 Å². The second-order valence-electron chi connectivity index (χ2n) is 7.06. The molecular formula is C21H28INO. The molecule has 1 unspecified atom stereocenters. The number of likely N-dealkylation sites (N-methyl/N-ethyl adjacent to an activating group) is 1. The first kappa shape index (κ1) is 19.3. The van der Waals surface area contributed by atoms with Gasteiger partial charge in [-0.2, -0.15) is 0 Å². The number of benzene rings is 2. The van der Waals surface area contributed by atoms with E-state index < -0.39 is 0 Å². The molecule has 1 aliphatic heterocycles. The Morgan fingerprint density at radius 3 is 2.29 bits per heavy atom. The van der Waals surface area contributed by atoms with Crippen LogP contribution in [0.25, 0.3) is 0 Å². The number of nitrogens with zero attached hydrogens (tertiary/aromatic N) is 1. The molecule has 3 heteroatoms. The van der Waals surface area contributed by atoms with Crippen molar-refractivity contribution in [2.75, 3.05) is 26.7 Å². The van der Waals surface area contributed by atoms with Gasteiger partial charge in [0.2, 0.25) is 0 Å². The smallest absolute Gasteiger partial charge is 0.140 e. The molecule has 2 aromatic rings. The van der Waals surface area contributed by atoms with E-state index in [1.807, 2.05) is 0 Å². The first-order chi connectivity index (χ1) is 11.2. The van der Waals surface area contributed by atoms with Crippen LogP contribution >= 0.6 is 0 Å². The van der Waals surface area contributed by atoms with Crippen molar-refractivity contribution in [2.24, 2.45) is 0 Å². The zero-order chi connectivity index (χ0) is 16.1. The van der Waals surface area contributed by atoms with Gasteiger partial charge in [-0.1, -0.05) is 48.5 Å². The molecule has 1 atom stereocenters. The fourth-order valence-electron chi connectivity index (χ4n) is 3.50. The molecule has 0 aromatic heterocycles. The van der Waals surface area contributed by atoms with Gasteiger partial charge in [0.15, 0.2) is 0 Å². The van der Waals surface area contributed by atoms with Gasteiger partial charge < -0.3 is 33.2 Å². The fourth-order valence-corrected chi connectivity index (χ4v) is 3.50. The monoisotopic (exact) mass is 437 g/mol. The number of quaternary nitrogens is 1. The van der Waals surface area contributed by atoms with Crippen molar-refractivity contribution in [3.05, 3.63) is 65.7 Å². The Bertz CT molecular complexity index is 623. The van der Waals surface area contributed by atoms with Crippen molar-refractivity contribution in [3.8, 4) is 5.75 Å². The Kier molecular flexibility index (Phi) is 7.11. The van der Waals surface area contributed by atoms with Crippen molar-refractivity contribution < 1.29 is 33.2 Å². The lowest BCUT2D eigenvalue weighted by atomic mass is 10.0. The van der Waals surface area contributed by atoms with E-state index in [9.17, 15) is 0 Å². The van der Waals surface area contributed by atoms with Gasteiger partial charge in [0.25, 0.3) is 0 Å². The standard InChI is InChI=1S/C21H28NO.HI/c1-18(22(2)14-8-9-15-22)17-23-21-13-7-6-12-20(21)16-19-10-4-3-5-11-19;/h3-7,10-13,18H,8-9,14-17H2,1-2H3;1H/q+1;/p-1. The molecule has 0 aliphatic carbocycles. The molecule has 0 radical (unpaired) electrons. The van der Waals surface area contributed by atoms with E-state index in [1.165, 1.54) is 37.1 Å². The van der Waals surface area contributed by atoms with Crippen molar-refractivity contribution >= 4 is 0 Å². The van der Waals surface area contributed by atoms with E-state index in [1.54, 1.807) is 0 Å². The number of hydrogen-bond acceptors (Lipinski definition) is 1. The van der Waals surface area contributed by atoms with Crippen LogP contribution in [0.15, 0.2) is 54.6 Å². The van der Waals surface area contributed by atoms with Crippen molar-refractivity contribution in [1.29, 1.82) is 0 Å². The fraction of sp³-hybridized carbons (Fsp3) is 0.429. The van der Waals surface area contributed by atoms with Gasteiger partial charge in [0.1, 0.15) is 18.4 Å². The molecular weight excluding hydrogens is 409 g/mol. The highest BCUT2D eigenvalue weighted by molar-refractivity contribution is 5.37. The average molecular weight is 437 g/mol. The number of hydrogen-bond donors (Lipinski definition) is 0. The molecule has 0 N–H and O–H groups in total. The maximum atomic E-state index is 6.23. The van der Waals surface area contributed by atoms with Gasteiger partial charge in [-0.3, -0.25) is 0 Å². The Morgan fingerprint density at radius 2 is 1.58 bits per heavy atom. The van der Waals surface area contributed by atoms with Crippen LogP contribution in [-0.4, -0.2) is 37.3 Å². The van der Waals surface area contributed by atoms with E-state index in [-0.39, 0.29) is 24.0 Å². The largest absolute Gasteiger partial charge is 1.00 e. The van der Waals surface area contributed by atoms with Gasteiger partial charge in [-0.25, -0.2) is 0 Å². The van der Waals surface area contributed by atoms with E-state index in [0.717, 1.165) is 23.3 Å². The van der Waals surface area contributed by atoms with E-state index in [0.29, 0.717) is 6.04 Å². The second-order valence-corrected chi connectivity index (χ2v) is 7.06. The summed E-state index contributed by atoms with van der Waals surface area (Å²) >= 11 is 0. The maximum absolute atomic E-state index is 6.23. The van der Waals surface area contributed by atoms with Gasteiger partial charge in [0.05, 0.1) is 20.1 Å². The van der Waals surface area contributed by atoms with Gasteiger partial charge in [-0.05, 0) is 24.1 Å². The quantitative estimate of drug-likeness (QED) is 0.489. The van der Waals surface area contributed by atoms with Crippen LogP contribution < -0.4 is 28.7 Å². The van der Waals surface area contributed by atoms with Crippen molar-refractivity contribution in [3.63, 3.8) is 0 Å². The molecule has 2 nitrogen and oxygen atoms in total. The van der Waals surface area contributed by atoms with Crippen LogP contribution in [0, 0.1) is 0 Å². The lowest BCUT2D eigenvalue weighted by molar-refractivity contribution is -0.920. The normalized spacial score (nSPS) is 17.1. The molecule has 3 rings (SSSR count). The average Bonchev–Trinajstić information content (AvgIpc) is 3.03. The highest BCUT2D eigenvalue weighted by Gasteiger charge is 2.33. The zero-order valence-electron chi connectivity index (χ0n) is 14.7. The first-order valence-corrected chi connectivity index (χ1v) is 8.76. The van der Waals surface area contributed by atoms with E-state index >= 15 is 0 Å². The van der Waals surface area contributed by atoms with Gasteiger partial charge >= 0.3 is 0 Å². The van der Waals surface area contributed by atoms with Crippen LogP contribution in [0.5, 0.6) is 5.75 Å². The van der Waals surface area contributed by atoms with Crippen LogP contribution in [-0.2, 0) is 6.42 Å². The Morgan fingerprint density at radius 1 is 0.958 bits per heavy atom. The Labute approximate surface area is 163 Å². The number of halogens is 1. The summed E-state index contributed by atoms with van der Waals surface area (Å²) < 4.78 is 7.39. The predicted octanol–water partition coefficient (Wildman–Crippen LogP) is 1.29. The molecule has 0 saturated carbocycles. The molecule has 2 aromatic carbocycles. The molecule has 1 saturated heterocycles. The summed E-state index contributed by atoms with van der Waals surface area (Å²) in [5.41, 5.74) is 2.60. The summed E-state index contributed by atoms with van der Waals surface area (Å²) in [6.45, 7) is 5.69. The van der Waals surface area contributed by atoms with Crippen LogP contribution in [0.3, 0.4) is 0 Å². The highest BCUT2D eigenvalue weighted by atomic mass is 127. The number of likely N-dealkylation sites (tertiary alicyclic amines) is 1. The summed E-state index contributed by atoms with van der Waals surface area (Å²) in [5.74, 6) is 1.04. The molecule has 1 fully saturated rings. The number of ether oxygens (including phenoxy) is 1. The summed E-state index contributed by atoms with van der Waals surface area (Å²) in [5, 5.41) is 0. The Hall–Kier alpha value is -1.07. The molecule has 0 spiro atoms. The third-order valence-corrected chi connectivity index (χ3v) is 5.34. The molecule has 1 aliphatic rings. The van der Waals surface area contributed by atoms with E-state index in [4.69, 9.17) is 4.74 Å². The van der Waals surface area contributed by atoms with Crippen molar-refractivity contribution in [1.82, 2.24) is 0 Å². The molecule has 1 heterocycles. The Balaban J connectivity index is 0.00000208. The SMILES string of the molecule is CC(COc1ccccc1Cc1ccccc1)[N+]1(C)CCCC1.[I-]. The molecule has 130 valence electrons. The lowest BCUT2D eigenvalue weighted by Crippen LogP contribution is -3.00. The summed E-state index contributed by atoms with van der Waals surface area (Å²) in [6, 6.07) is 19.6. The predicted molar refractivity (Wildman–Crippen MR) is 95.8 cm³/mol. The van der Waals surface area contributed by atoms with E-state index in [2.05, 4.69) is 68.6 Å².